The number of amides is 1. The van der Waals surface area contributed by atoms with E-state index >= 15 is 0 Å². The van der Waals surface area contributed by atoms with Gasteiger partial charge in [0.1, 0.15) is 19.3 Å². The van der Waals surface area contributed by atoms with Gasteiger partial charge in [-0.1, -0.05) is 6.07 Å². The smallest absolute Gasteiger partial charge is 0.267 e. The van der Waals surface area contributed by atoms with Crippen molar-refractivity contribution in [2.24, 2.45) is 0 Å². The van der Waals surface area contributed by atoms with E-state index in [9.17, 15) is 9.59 Å². The fourth-order valence-corrected chi connectivity index (χ4v) is 4.07. The number of nitrogens with zero attached hydrogens (tertiary/aromatic N) is 2. The molecule has 0 saturated carbocycles. The first kappa shape index (κ1) is 17.2. The Balaban J connectivity index is 1.40. The highest BCUT2D eigenvalue weighted by Crippen LogP contribution is 2.33. The number of aryl methyl sites for hydroxylation is 2. The summed E-state index contributed by atoms with van der Waals surface area (Å²) in [5.74, 6) is 0.737. The van der Waals surface area contributed by atoms with Gasteiger partial charge in [-0.15, -0.1) is 0 Å². The number of hydrogen-bond donors (Lipinski definition) is 1. The molecule has 1 aliphatic carbocycles. The summed E-state index contributed by atoms with van der Waals surface area (Å²) in [5, 5.41) is 7.55. The van der Waals surface area contributed by atoms with E-state index in [0.717, 1.165) is 30.5 Å². The van der Waals surface area contributed by atoms with Crippen LogP contribution in [0.15, 0.2) is 29.1 Å². The number of rotatable bonds is 3. The van der Waals surface area contributed by atoms with Crippen LogP contribution in [-0.2, 0) is 17.6 Å². The van der Waals surface area contributed by atoms with Gasteiger partial charge in [-0.2, -0.15) is 5.10 Å². The molecule has 1 N–H and O–H groups in total. The summed E-state index contributed by atoms with van der Waals surface area (Å²) < 4.78 is 18.2. The van der Waals surface area contributed by atoms with Gasteiger partial charge in [0.05, 0.1) is 30.5 Å². The minimum absolute atomic E-state index is 0.149. The third-order valence-corrected chi connectivity index (χ3v) is 5.47. The minimum atomic E-state index is -0.350. The second kappa shape index (κ2) is 6.94. The number of ether oxygens (including phenoxy) is 3. The zero-order valence-electron chi connectivity index (χ0n) is 15.3. The Bertz CT molecular complexity index is 986. The fourth-order valence-electron chi connectivity index (χ4n) is 4.07. The van der Waals surface area contributed by atoms with Gasteiger partial charge in [0.25, 0.3) is 11.5 Å². The summed E-state index contributed by atoms with van der Waals surface area (Å²) in [6, 6.07) is 6.23. The molecule has 0 radical (unpaired) electrons. The van der Waals surface area contributed by atoms with Gasteiger partial charge in [0.2, 0.25) is 0 Å². The van der Waals surface area contributed by atoms with Crippen molar-refractivity contribution in [3.8, 4) is 11.5 Å². The monoisotopic (exact) mass is 383 g/mol. The Labute approximate surface area is 161 Å². The summed E-state index contributed by atoms with van der Waals surface area (Å²) in [6.45, 7) is 1.53. The molecule has 3 aliphatic rings. The normalized spacial score (nSPS) is 22.7. The third kappa shape index (κ3) is 2.93. The van der Waals surface area contributed by atoms with Crippen LogP contribution in [0.25, 0.3) is 0 Å². The van der Waals surface area contributed by atoms with E-state index in [2.05, 4.69) is 10.4 Å². The van der Waals surface area contributed by atoms with Gasteiger partial charge in [-0.3, -0.25) is 9.59 Å². The van der Waals surface area contributed by atoms with E-state index in [-0.39, 0.29) is 23.6 Å². The fraction of sp³-hybridized carbons (Fsp3) is 0.450. The van der Waals surface area contributed by atoms with Crippen molar-refractivity contribution in [3.05, 3.63) is 51.4 Å². The number of hydrogen-bond acceptors (Lipinski definition) is 6. The average Bonchev–Trinajstić information content (AvgIpc) is 3.35. The molecule has 5 rings (SSSR count). The second-order valence-electron chi connectivity index (χ2n) is 7.27. The van der Waals surface area contributed by atoms with Gasteiger partial charge in [0, 0.05) is 6.07 Å². The highest BCUT2D eigenvalue weighted by molar-refractivity contribution is 5.98. The molecule has 0 spiro atoms. The molecule has 2 unspecified atom stereocenters. The van der Waals surface area contributed by atoms with Crippen molar-refractivity contribution in [1.29, 1.82) is 0 Å². The van der Waals surface area contributed by atoms with Gasteiger partial charge in [-0.25, -0.2) is 4.68 Å². The summed E-state index contributed by atoms with van der Waals surface area (Å²) in [4.78, 5) is 25.5. The Morgan fingerprint density at radius 2 is 2.07 bits per heavy atom. The molecule has 28 heavy (non-hydrogen) atoms. The van der Waals surface area contributed by atoms with E-state index in [1.54, 1.807) is 24.3 Å². The molecule has 1 amide bonds. The molecule has 8 heteroatoms. The molecule has 0 bridgehead atoms. The van der Waals surface area contributed by atoms with Crippen molar-refractivity contribution in [2.45, 2.75) is 31.3 Å². The molecule has 2 aromatic rings. The first-order chi connectivity index (χ1) is 13.7. The first-order valence-corrected chi connectivity index (χ1v) is 9.59. The Morgan fingerprint density at radius 3 is 3.00 bits per heavy atom. The molecule has 2 atom stereocenters. The van der Waals surface area contributed by atoms with Gasteiger partial charge >= 0.3 is 0 Å². The standard InChI is InChI=1S/C20H21N3O5/c24-18-9-12-3-1-5-14(12)22-23(18)16-11-26-10-15(16)21-20(25)13-4-2-6-17-19(13)28-8-7-27-17/h2,4,6,9,15-16H,1,3,5,7-8,10-11H2,(H,21,25). The predicted octanol–water partition coefficient (Wildman–Crippen LogP) is 0.873. The number of carbonyl (C=O) groups excluding carboxylic acids is 1. The maximum atomic E-state index is 12.9. The van der Waals surface area contributed by atoms with Crippen molar-refractivity contribution in [3.63, 3.8) is 0 Å². The van der Waals surface area contributed by atoms with Crippen LogP contribution in [0.5, 0.6) is 11.5 Å². The first-order valence-electron chi connectivity index (χ1n) is 9.59. The Morgan fingerprint density at radius 1 is 1.18 bits per heavy atom. The predicted molar refractivity (Wildman–Crippen MR) is 99.1 cm³/mol. The second-order valence-corrected chi connectivity index (χ2v) is 7.27. The number of benzene rings is 1. The van der Waals surface area contributed by atoms with E-state index in [0.29, 0.717) is 43.5 Å². The number of carbonyl (C=O) groups is 1. The molecule has 8 nitrogen and oxygen atoms in total. The topological polar surface area (TPSA) is 91.7 Å². The van der Waals surface area contributed by atoms with Crippen LogP contribution in [0, 0.1) is 0 Å². The van der Waals surface area contributed by atoms with Crippen molar-refractivity contribution >= 4 is 5.91 Å². The summed E-state index contributed by atoms with van der Waals surface area (Å²) in [5.41, 5.74) is 2.27. The van der Waals surface area contributed by atoms with E-state index in [4.69, 9.17) is 14.2 Å². The van der Waals surface area contributed by atoms with E-state index < -0.39 is 0 Å². The summed E-state index contributed by atoms with van der Waals surface area (Å²) in [6.07, 6.45) is 2.81. The van der Waals surface area contributed by atoms with Crippen LogP contribution in [-0.4, -0.2) is 48.2 Å². The lowest BCUT2D eigenvalue weighted by Crippen LogP contribution is -2.44. The molecule has 146 valence electrons. The molecule has 1 aromatic carbocycles. The van der Waals surface area contributed by atoms with E-state index in [1.807, 2.05) is 0 Å². The molecule has 1 aromatic heterocycles. The van der Waals surface area contributed by atoms with Gasteiger partial charge in [0.15, 0.2) is 11.5 Å². The molecular weight excluding hydrogens is 362 g/mol. The van der Waals surface area contributed by atoms with Crippen LogP contribution < -0.4 is 20.3 Å². The third-order valence-electron chi connectivity index (χ3n) is 5.47. The van der Waals surface area contributed by atoms with Crippen LogP contribution in [0.4, 0.5) is 0 Å². The lowest BCUT2D eigenvalue weighted by molar-refractivity contribution is 0.0913. The largest absolute Gasteiger partial charge is 0.486 e. The van der Waals surface area contributed by atoms with Crippen molar-refractivity contribution < 1.29 is 19.0 Å². The Hall–Kier alpha value is -2.87. The number of aromatic nitrogens is 2. The summed E-state index contributed by atoms with van der Waals surface area (Å²) >= 11 is 0. The number of para-hydroxylation sites is 1. The highest BCUT2D eigenvalue weighted by Gasteiger charge is 2.34. The van der Waals surface area contributed by atoms with Gasteiger partial charge in [-0.05, 0) is 37.0 Å². The maximum Gasteiger partial charge on any atom is 0.267 e. The van der Waals surface area contributed by atoms with Crippen LogP contribution in [0.2, 0.25) is 0 Å². The maximum absolute atomic E-state index is 12.9. The number of nitrogens with one attached hydrogen (secondary N) is 1. The Kier molecular flexibility index (Phi) is 4.27. The highest BCUT2D eigenvalue weighted by atomic mass is 16.6. The van der Waals surface area contributed by atoms with Crippen LogP contribution >= 0.6 is 0 Å². The molecular formula is C20H21N3O5. The number of fused-ring (bicyclic) bond motifs is 2. The zero-order valence-corrected chi connectivity index (χ0v) is 15.3. The van der Waals surface area contributed by atoms with Crippen molar-refractivity contribution in [2.75, 3.05) is 26.4 Å². The van der Waals surface area contributed by atoms with Crippen LogP contribution in [0.3, 0.4) is 0 Å². The molecule has 2 aliphatic heterocycles. The SMILES string of the molecule is O=C(NC1COCC1n1nc2c(cc1=O)CCC2)c1cccc2c1OCCO2. The van der Waals surface area contributed by atoms with Crippen LogP contribution in [0.1, 0.15) is 34.1 Å². The van der Waals surface area contributed by atoms with Gasteiger partial charge < -0.3 is 19.5 Å². The lowest BCUT2D eigenvalue weighted by atomic mass is 10.1. The summed E-state index contributed by atoms with van der Waals surface area (Å²) in [7, 11) is 0. The molecule has 1 fully saturated rings. The van der Waals surface area contributed by atoms with E-state index in [1.165, 1.54) is 4.68 Å². The zero-order chi connectivity index (χ0) is 19.1. The molecule has 1 saturated heterocycles. The average molecular weight is 383 g/mol. The lowest BCUT2D eigenvalue weighted by Gasteiger charge is -2.23. The van der Waals surface area contributed by atoms with Crippen molar-refractivity contribution in [1.82, 2.24) is 15.1 Å². The quantitative estimate of drug-likeness (QED) is 0.846. The molecule has 3 heterocycles. The minimum Gasteiger partial charge on any atom is -0.486 e.